The highest BCUT2D eigenvalue weighted by atomic mass is 19.1. The number of hydrogen-bond acceptors (Lipinski definition) is 2. The van der Waals surface area contributed by atoms with Crippen molar-refractivity contribution in [2.75, 3.05) is 18.0 Å². The van der Waals surface area contributed by atoms with Gasteiger partial charge in [-0.15, -0.1) is 0 Å². The van der Waals surface area contributed by atoms with Crippen LogP contribution in [0.2, 0.25) is 0 Å². The second kappa shape index (κ2) is 5.45. The van der Waals surface area contributed by atoms with Crippen LogP contribution in [0.5, 0.6) is 0 Å². The van der Waals surface area contributed by atoms with Crippen molar-refractivity contribution in [2.45, 2.75) is 12.8 Å². The van der Waals surface area contributed by atoms with Gasteiger partial charge >= 0.3 is 0 Å². The fourth-order valence-corrected chi connectivity index (χ4v) is 2.85. The quantitative estimate of drug-likeness (QED) is 0.780. The van der Waals surface area contributed by atoms with E-state index >= 15 is 0 Å². The Labute approximate surface area is 117 Å². The molecule has 0 amide bonds. The van der Waals surface area contributed by atoms with Gasteiger partial charge in [-0.05, 0) is 36.1 Å². The lowest BCUT2D eigenvalue weighted by molar-refractivity contribution is 0.112. The van der Waals surface area contributed by atoms with Crippen LogP contribution in [-0.2, 0) is 12.8 Å². The standard InChI is InChI=1S/C17H16FNO/c18-16-7-3-6-15(12-20)17(16)19-10-8-13-4-1-2-5-14(13)9-11-19/h1-7,12H,8-11H2. The summed E-state index contributed by atoms with van der Waals surface area (Å²) in [4.78, 5) is 13.1. The minimum atomic E-state index is -0.319. The Kier molecular flexibility index (Phi) is 3.50. The zero-order valence-electron chi connectivity index (χ0n) is 11.2. The van der Waals surface area contributed by atoms with Gasteiger partial charge in [0.05, 0.1) is 5.69 Å². The smallest absolute Gasteiger partial charge is 0.152 e. The molecule has 0 radical (unpaired) electrons. The SMILES string of the molecule is O=Cc1cccc(F)c1N1CCc2ccccc2CC1. The summed E-state index contributed by atoms with van der Waals surface area (Å²) in [6, 6.07) is 13.0. The summed E-state index contributed by atoms with van der Waals surface area (Å²) in [6.07, 6.45) is 2.49. The largest absolute Gasteiger partial charge is 0.368 e. The van der Waals surface area contributed by atoms with E-state index < -0.39 is 0 Å². The molecule has 1 aliphatic heterocycles. The lowest BCUT2D eigenvalue weighted by Crippen LogP contribution is -2.28. The number of benzene rings is 2. The molecule has 2 nitrogen and oxygen atoms in total. The van der Waals surface area contributed by atoms with E-state index in [4.69, 9.17) is 0 Å². The maximum absolute atomic E-state index is 14.1. The molecule has 0 saturated carbocycles. The van der Waals surface area contributed by atoms with Crippen molar-refractivity contribution in [1.29, 1.82) is 0 Å². The minimum absolute atomic E-state index is 0.319. The van der Waals surface area contributed by atoms with Gasteiger partial charge in [0, 0.05) is 18.7 Å². The third-order valence-corrected chi connectivity index (χ3v) is 3.88. The molecule has 1 heterocycles. The number of para-hydroxylation sites is 1. The van der Waals surface area contributed by atoms with E-state index in [9.17, 15) is 9.18 Å². The molecule has 0 saturated heterocycles. The van der Waals surface area contributed by atoms with E-state index in [1.165, 1.54) is 17.2 Å². The average molecular weight is 269 g/mol. The number of rotatable bonds is 2. The Bertz CT molecular complexity index is 612. The highest BCUT2D eigenvalue weighted by Gasteiger charge is 2.19. The Morgan fingerprint density at radius 2 is 1.60 bits per heavy atom. The number of carbonyl (C=O) groups is 1. The third-order valence-electron chi connectivity index (χ3n) is 3.88. The number of hydrogen-bond donors (Lipinski definition) is 0. The molecule has 3 heteroatoms. The highest BCUT2D eigenvalue weighted by Crippen LogP contribution is 2.26. The summed E-state index contributed by atoms with van der Waals surface area (Å²) in [5.41, 5.74) is 3.50. The number of aldehydes is 1. The highest BCUT2D eigenvalue weighted by molar-refractivity contribution is 5.84. The van der Waals surface area contributed by atoms with E-state index in [-0.39, 0.29) is 5.82 Å². The van der Waals surface area contributed by atoms with Crippen LogP contribution in [0.3, 0.4) is 0 Å². The summed E-state index contributed by atoms with van der Waals surface area (Å²) in [5.74, 6) is -0.319. The van der Waals surface area contributed by atoms with Gasteiger partial charge < -0.3 is 4.90 Å². The number of carbonyl (C=O) groups excluding carboxylic acids is 1. The van der Waals surface area contributed by atoms with Gasteiger partial charge in [0.1, 0.15) is 5.82 Å². The second-order valence-electron chi connectivity index (χ2n) is 5.05. The van der Waals surface area contributed by atoms with Crippen molar-refractivity contribution in [3.63, 3.8) is 0 Å². The first-order chi connectivity index (χ1) is 9.79. The van der Waals surface area contributed by atoms with Crippen molar-refractivity contribution in [1.82, 2.24) is 0 Å². The van der Waals surface area contributed by atoms with E-state index in [1.807, 2.05) is 17.0 Å². The van der Waals surface area contributed by atoms with Crippen LogP contribution < -0.4 is 4.90 Å². The summed E-state index contributed by atoms with van der Waals surface area (Å²) in [5, 5.41) is 0. The molecule has 1 aliphatic rings. The first-order valence-corrected chi connectivity index (χ1v) is 6.85. The van der Waals surface area contributed by atoms with Crippen LogP contribution in [0, 0.1) is 5.82 Å². The van der Waals surface area contributed by atoms with Crippen LogP contribution in [0.1, 0.15) is 21.5 Å². The molecule has 0 bridgehead atoms. The van der Waals surface area contributed by atoms with Crippen LogP contribution in [0.25, 0.3) is 0 Å². The maximum Gasteiger partial charge on any atom is 0.152 e. The topological polar surface area (TPSA) is 20.3 Å². The van der Waals surface area contributed by atoms with Gasteiger partial charge in [0.15, 0.2) is 6.29 Å². The summed E-state index contributed by atoms with van der Waals surface area (Å²) in [6.45, 7) is 1.47. The predicted molar refractivity (Wildman–Crippen MR) is 77.9 cm³/mol. The molecule has 0 fully saturated rings. The van der Waals surface area contributed by atoms with E-state index in [0.717, 1.165) is 32.2 Å². The Morgan fingerprint density at radius 3 is 2.20 bits per heavy atom. The zero-order chi connectivity index (χ0) is 13.9. The molecule has 0 N–H and O–H groups in total. The predicted octanol–water partition coefficient (Wildman–Crippen LogP) is 3.24. The normalized spacial score (nSPS) is 14.6. The van der Waals surface area contributed by atoms with Gasteiger partial charge in [-0.25, -0.2) is 4.39 Å². The molecule has 2 aromatic rings. The molecule has 20 heavy (non-hydrogen) atoms. The molecule has 0 aliphatic carbocycles. The Morgan fingerprint density at radius 1 is 0.950 bits per heavy atom. The van der Waals surface area contributed by atoms with Gasteiger partial charge in [0.25, 0.3) is 0 Å². The molecular formula is C17H16FNO. The number of nitrogens with zero attached hydrogens (tertiary/aromatic N) is 1. The lowest BCUT2D eigenvalue weighted by atomic mass is 10.0. The fraction of sp³-hybridized carbons (Fsp3) is 0.235. The molecule has 0 unspecified atom stereocenters. The van der Waals surface area contributed by atoms with Gasteiger partial charge in [-0.3, -0.25) is 4.79 Å². The third kappa shape index (κ3) is 2.31. The fourth-order valence-electron chi connectivity index (χ4n) is 2.85. The molecular weight excluding hydrogens is 253 g/mol. The van der Waals surface area contributed by atoms with Crippen LogP contribution in [0.4, 0.5) is 10.1 Å². The van der Waals surface area contributed by atoms with E-state index in [1.54, 1.807) is 12.1 Å². The minimum Gasteiger partial charge on any atom is -0.368 e. The summed E-state index contributed by atoms with van der Waals surface area (Å²) >= 11 is 0. The molecule has 0 spiro atoms. The van der Waals surface area contributed by atoms with Crippen molar-refractivity contribution >= 4 is 12.0 Å². The summed E-state index contributed by atoms with van der Waals surface area (Å²) in [7, 11) is 0. The molecule has 3 rings (SSSR count). The first kappa shape index (κ1) is 12.9. The number of fused-ring (bicyclic) bond motifs is 1. The molecule has 0 atom stereocenters. The maximum atomic E-state index is 14.1. The molecule has 0 aromatic heterocycles. The van der Waals surface area contributed by atoms with Crippen molar-refractivity contribution in [3.05, 3.63) is 65.0 Å². The van der Waals surface area contributed by atoms with Gasteiger partial charge in [0.2, 0.25) is 0 Å². The second-order valence-corrected chi connectivity index (χ2v) is 5.05. The number of halogens is 1. The van der Waals surface area contributed by atoms with E-state index in [2.05, 4.69) is 12.1 Å². The van der Waals surface area contributed by atoms with Crippen LogP contribution >= 0.6 is 0 Å². The zero-order valence-corrected chi connectivity index (χ0v) is 11.2. The van der Waals surface area contributed by atoms with Crippen molar-refractivity contribution < 1.29 is 9.18 Å². The molecule has 2 aromatic carbocycles. The van der Waals surface area contributed by atoms with Gasteiger partial charge in [-0.1, -0.05) is 30.3 Å². The first-order valence-electron chi connectivity index (χ1n) is 6.85. The number of anilines is 1. The van der Waals surface area contributed by atoms with Crippen molar-refractivity contribution in [3.8, 4) is 0 Å². The van der Waals surface area contributed by atoms with E-state index in [0.29, 0.717) is 11.3 Å². The monoisotopic (exact) mass is 269 g/mol. The van der Waals surface area contributed by atoms with Crippen molar-refractivity contribution in [2.24, 2.45) is 0 Å². The average Bonchev–Trinajstić information content (AvgIpc) is 2.69. The lowest BCUT2D eigenvalue weighted by Gasteiger charge is -2.24. The van der Waals surface area contributed by atoms with Gasteiger partial charge in [-0.2, -0.15) is 0 Å². The van der Waals surface area contributed by atoms with Crippen LogP contribution in [0.15, 0.2) is 42.5 Å². The molecule has 102 valence electrons. The van der Waals surface area contributed by atoms with Crippen LogP contribution in [-0.4, -0.2) is 19.4 Å². The summed E-state index contributed by atoms with van der Waals surface area (Å²) < 4.78 is 14.1. The Balaban J connectivity index is 1.93. The Hall–Kier alpha value is -2.16.